The van der Waals surface area contributed by atoms with E-state index >= 15 is 0 Å². The van der Waals surface area contributed by atoms with Crippen LogP contribution in [0.3, 0.4) is 0 Å². The number of thioether (sulfide) groups is 1. The lowest BCUT2D eigenvalue weighted by molar-refractivity contribution is -0.642. The highest BCUT2D eigenvalue weighted by atomic mass is 35.5. The van der Waals surface area contributed by atoms with Crippen LogP contribution < -0.4 is 9.47 Å². The molecular weight excluding hydrogens is 351 g/mol. The van der Waals surface area contributed by atoms with Crippen LogP contribution in [0.2, 0.25) is 5.02 Å². The van der Waals surface area contributed by atoms with Crippen molar-refractivity contribution in [2.75, 3.05) is 11.9 Å². The van der Waals surface area contributed by atoms with Crippen molar-refractivity contribution >= 4 is 56.7 Å². The molecule has 2 nitrogen and oxygen atoms in total. The van der Waals surface area contributed by atoms with Gasteiger partial charge in [0.15, 0.2) is 0 Å². The third-order valence-electron chi connectivity index (χ3n) is 3.90. The zero-order chi connectivity index (χ0) is 16.1. The van der Waals surface area contributed by atoms with E-state index in [2.05, 4.69) is 15.5 Å². The monoisotopic (exact) mass is 363 g/mol. The van der Waals surface area contributed by atoms with Crippen LogP contribution in [0, 0.1) is 5.82 Å². The molecule has 6 heteroatoms. The van der Waals surface area contributed by atoms with E-state index < -0.39 is 0 Å². The lowest BCUT2D eigenvalue weighted by Gasteiger charge is -2.12. The van der Waals surface area contributed by atoms with Crippen molar-refractivity contribution in [1.82, 2.24) is 0 Å². The van der Waals surface area contributed by atoms with Crippen LogP contribution in [0.1, 0.15) is 5.01 Å². The minimum atomic E-state index is -0.201. The molecule has 0 atom stereocenters. The van der Waals surface area contributed by atoms with Crippen LogP contribution in [-0.2, 0) is 7.05 Å². The number of hydrogen-bond acceptors (Lipinski definition) is 3. The first-order valence-electron chi connectivity index (χ1n) is 7.04. The fraction of sp³-hybridized carbons (Fsp3) is 0.118. The molecule has 3 aromatic rings. The summed E-state index contributed by atoms with van der Waals surface area (Å²) >= 11 is 9.40. The Labute approximate surface area is 146 Å². The van der Waals surface area contributed by atoms with Gasteiger partial charge in [-0.05, 0) is 30.3 Å². The summed E-state index contributed by atoms with van der Waals surface area (Å²) in [4.78, 5) is 3.33. The predicted octanol–water partition coefficient (Wildman–Crippen LogP) is 5.06. The Hall–Kier alpha value is -1.56. The van der Waals surface area contributed by atoms with Gasteiger partial charge in [0.1, 0.15) is 17.6 Å². The van der Waals surface area contributed by atoms with Crippen LogP contribution in [0.15, 0.2) is 46.3 Å². The molecular formula is C17H13ClFN2S2+. The summed E-state index contributed by atoms with van der Waals surface area (Å²) in [5.41, 5.74) is 2.15. The zero-order valence-corrected chi connectivity index (χ0v) is 14.9. The molecule has 1 aromatic heterocycles. The van der Waals surface area contributed by atoms with Gasteiger partial charge in [-0.2, -0.15) is 4.57 Å². The Kier molecular flexibility index (Phi) is 3.59. The molecule has 0 amide bonds. The Bertz CT molecular complexity index is 965. The molecule has 2 aromatic carbocycles. The number of aromatic nitrogens is 1. The maximum absolute atomic E-state index is 13.4. The molecule has 0 unspecified atom stereocenters. The highest BCUT2D eigenvalue weighted by Crippen LogP contribution is 2.46. The molecule has 0 aliphatic carbocycles. The maximum Gasteiger partial charge on any atom is 0.265 e. The number of anilines is 1. The largest absolute Gasteiger partial charge is 0.338 e. The number of nitrogens with zero attached hydrogens (tertiary/aromatic N) is 2. The molecule has 0 saturated carbocycles. The quantitative estimate of drug-likeness (QED) is 0.558. The highest BCUT2D eigenvalue weighted by Gasteiger charge is 2.25. The van der Waals surface area contributed by atoms with E-state index in [1.54, 1.807) is 29.2 Å². The van der Waals surface area contributed by atoms with Gasteiger partial charge in [0.25, 0.3) is 5.01 Å². The first-order valence-corrected chi connectivity index (χ1v) is 9.05. The van der Waals surface area contributed by atoms with E-state index in [9.17, 15) is 4.39 Å². The number of benzene rings is 2. The fourth-order valence-corrected chi connectivity index (χ4v) is 5.06. The van der Waals surface area contributed by atoms with Crippen LogP contribution in [-0.4, -0.2) is 7.05 Å². The second-order valence-electron chi connectivity index (χ2n) is 5.37. The summed E-state index contributed by atoms with van der Waals surface area (Å²) in [6, 6.07) is 10.8. The SMILES string of the molecule is CN1/C(=C/c2sc3cc(F)ccc3[n+]2C)Sc2ccc(Cl)cc21. The van der Waals surface area contributed by atoms with E-state index in [1.807, 2.05) is 38.4 Å². The number of thiazole rings is 1. The van der Waals surface area contributed by atoms with Gasteiger partial charge in [-0.3, -0.25) is 0 Å². The molecule has 0 saturated heterocycles. The highest BCUT2D eigenvalue weighted by molar-refractivity contribution is 8.03. The second kappa shape index (κ2) is 5.51. The first kappa shape index (κ1) is 15.0. The summed E-state index contributed by atoms with van der Waals surface area (Å²) in [5, 5.41) is 2.95. The second-order valence-corrected chi connectivity index (χ2v) is 7.93. The fourth-order valence-electron chi connectivity index (χ4n) is 2.64. The molecule has 23 heavy (non-hydrogen) atoms. The number of rotatable bonds is 1. The number of fused-ring (bicyclic) bond motifs is 2. The molecule has 4 rings (SSSR count). The minimum Gasteiger partial charge on any atom is -0.338 e. The van der Waals surface area contributed by atoms with Gasteiger partial charge in [0.2, 0.25) is 5.52 Å². The lowest BCUT2D eigenvalue weighted by Crippen LogP contribution is -2.29. The molecule has 0 spiro atoms. The number of aryl methyl sites for hydroxylation is 1. The van der Waals surface area contributed by atoms with Crippen molar-refractivity contribution in [3.8, 4) is 0 Å². The van der Waals surface area contributed by atoms with Crippen LogP contribution in [0.4, 0.5) is 10.1 Å². The molecule has 1 aliphatic rings. The standard InChI is InChI=1S/C17H13ClFN2S2/c1-20-12-5-4-11(19)8-15(12)23-16(20)9-17-21(2)13-7-10(18)3-6-14(13)22-17/h3-9H,1-2H3/q+1. The van der Waals surface area contributed by atoms with E-state index in [0.717, 1.165) is 31.0 Å². The smallest absolute Gasteiger partial charge is 0.265 e. The topological polar surface area (TPSA) is 7.12 Å². The minimum absolute atomic E-state index is 0.201. The molecule has 116 valence electrons. The Morgan fingerprint density at radius 3 is 2.87 bits per heavy atom. The van der Waals surface area contributed by atoms with Crippen molar-refractivity contribution in [3.63, 3.8) is 0 Å². The third-order valence-corrected chi connectivity index (χ3v) is 6.45. The predicted molar refractivity (Wildman–Crippen MR) is 96.6 cm³/mol. The molecule has 0 N–H and O–H groups in total. The maximum atomic E-state index is 13.4. The van der Waals surface area contributed by atoms with Crippen molar-refractivity contribution in [3.05, 3.63) is 57.3 Å². The lowest BCUT2D eigenvalue weighted by atomic mass is 10.3. The zero-order valence-electron chi connectivity index (χ0n) is 12.5. The number of hydrogen-bond donors (Lipinski definition) is 0. The molecule has 2 heterocycles. The van der Waals surface area contributed by atoms with Gasteiger partial charge in [-0.25, -0.2) is 4.39 Å². The summed E-state index contributed by atoms with van der Waals surface area (Å²) in [6.45, 7) is 0. The van der Waals surface area contributed by atoms with Crippen molar-refractivity contribution in [1.29, 1.82) is 0 Å². The van der Waals surface area contributed by atoms with Gasteiger partial charge in [-0.1, -0.05) is 34.7 Å². The van der Waals surface area contributed by atoms with Crippen LogP contribution >= 0.6 is 34.7 Å². The van der Waals surface area contributed by atoms with Crippen LogP contribution in [0.5, 0.6) is 0 Å². The van der Waals surface area contributed by atoms with E-state index in [4.69, 9.17) is 11.6 Å². The molecule has 1 aliphatic heterocycles. The van der Waals surface area contributed by atoms with Gasteiger partial charge < -0.3 is 4.90 Å². The molecule has 0 bridgehead atoms. The van der Waals surface area contributed by atoms with Crippen LogP contribution in [0.25, 0.3) is 16.3 Å². The average molecular weight is 364 g/mol. The average Bonchev–Trinajstić information content (AvgIpc) is 2.98. The Morgan fingerprint density at radius 1 is 1.22 bits per heavy atom. The number of halogens is 2. The summed E-state index contributed by atoms with van der Waals surface area (Å²) in [6.07, 6.45) is 2.14. The summed E-state index contributed by atoms with van der Waals surface area (Å²) in [5.74, 6) is -0.201. The van der Waals surface area contributed by atoms with Crippen molar-refractivity contribution in [2.24, 2.45) is 7.05 Å². The first-order chi connectivity index (χ1) is 11.0. The Balaban J connectivity index is 1.78. The molecule has 0 radical (unpaired) electrons. The van der Waals surface area contributed by atoms with Gasteiger partial charge in [0.05, 0.1) is 16.8 Å². The van der Waals surface area contributed by atoms with E-state index in [0.29, 0.717) is 0 Å². The summed E-state index contributed by atoms with van der Waals surface area (Å²) < 4.78 is 16.5. The van der Waals surface area contributed by atoms with E-state index in [1.165, 1.54) is 11.0 Å². The Morgan fingerprint density at radius 2 is 2.04 bits per heavy atom. The van der Waals surface area contributed by atoms with Crippen molar-refractivity contribution in [2.45, 2.75) is 4.90 Å². The normalized spacial score (nSPS) is 15.7. The van der Waals surface area contributed by atoms with Gasteiger partial charge in [-0.15, -0.1) is 0 Å². The van der Waals surface area contributed by atoms with E-state index in [-0.39, 0.29) is 5.82 Å². The van der Waals surface area contributed by atoms with Crippen molar-refractivity contribution < 1.29 is 8.96 Å². The van der Waals surface area contributed by atoms with Gasteiger partial charge in [0, 0.05) is 23.0 Å². The summed E-state index contributed by atoms with van der Waals surface area (Å²) in [7, 11) is 4.04. The molecule has 0 fully saturated rings. The van der Waals surface area contributed by atoms with Gasteiger partial charge >= 0.3 is 0 Å². The third kappa shape index (κ3) is 2.53.